The van der Waals surface area contributed by atoms with Crippen molar-refractivity contribution in [2.24, 2.45) is 0 Å². The van der Waals surface area contributed by atoms with Crippen molar-refractivity contribution in [2.45, 2.75) is 37.5 Å². The normalized spacial score (nSPS) is 11.2. The highest BCUT2D eigenvalue weighted by Gasteiger charge is 2.25. The molecule has 0 bridgehead atoms. The summed E-state index contributed by atoms with van der Waals surface area (Å²) < 4.78 is 32.1. The van der Waals surface area contributed by atoms with Crippen LogP contribution in [0.15, 0.2) is 34.5 Å². The third-order valence-electron chi connectivity index (χ3n) is 3.89. The molecule has 1 aromatic carbocycles. The number of phenols is 1. The third-order valence-corrected chi connectivity index (χ3v) is 6.32. The van der Waals surface area contributed by atoms with Crippen molar-refractivity contribution in [3.8, 4) is 5.75 Å². The molecule has 7 nitrogen and oxygen atoms in total. The van der Waals surface area contributed by atoms with Crippen LogP contribution in [0, 0.1) is 0 Å². The Morgan fingerprint density at radius 1 is 1.22 bits per heavy atom. The number of phenolic OH excluding ortho intramolecular Hbond substituents is 1. The first kappa shape index (κ1) is 21.0. The molecule has 0 aliphatic carbocycles. The molecule has 1 heterocycles. The highest BCUT2D eigenvalue weighted by molar-refractivity contribution is 7.93. The van der Waals surface area contributed by atoms with Gasteiger partial charge in [0.2, 0.25) is 0 Å². The maximum atomic E-state index is 12.6. The minimum atomic E-state index is -4.04. The molecular weight excluding hydrogens is 388 g/mol. The Balaban J connectivity index is 2.08. The summed E-state index contributed by atoms with van der Waals surface area (Å²) in [5.74, 6) is -0.927. The van der Waals surface area contributed by atoms with Gasteiger partial charge in [0.05, 0.1) is 12.8 Å². The van der Waals surface area contributed by atoms with Crippen LogP contribution in [0.3, 0.4) is 0 Å². The molecule has 0 saturated heterocycles. The van der Waals surface area contributed by atoms with E-state index in [1.807, 2.05) is 0 Å². The van der Waals surface area contributed by atoms with E-state index < -0.39 is 16.0 Å². The molecule has 9 heteroatoms. The molecule has 0 amide bonds. The van der Waals surface area contributed by atoms with E-state index in [1.165, 1.54) is 37.1 Å². The summed E-state index contributed by atoms with van der Waals surface area (Å²) in [7, 11) is -2.85. The summed E-state index contributed by atoms with van der Waals surface area (Å²) in [6, 6.07) is 5.95. The molecule has 0 fully saturated rings. The number of anilines is 2. The van der Waals surface area contributed by atoms with Gasteiger partial charge < -0.3 is 15.2 Å². The van der Waals surface area contributed by atoms with E-state index in [9.17, 15) is 18.3 Å². The molecule has 148 valence electrons. The second-order valence-electron chi connectivity index (χ2n) is 5.93. The van der Waals surface area contributed by atoms with Gasteiger partial charge in [-0.05, 0) is 30.0 Å². The maximum Gasteiger partial charge on any atom is 0.349 e. The molecule has 0 aliphatic heterocycles. The molecule has 2 aromatic rings. The highest BCUT2D eigenvalue weighted by Crippen LogP contribution is 2.31. The topological polar surface area (TPSA) is 105 Å². The van der Waals surface area contributed by atoms with E-state index in [-0.39, 0.29) is 21.2 Å². The average Bonchev–Trinajstić information content (AvgIpc) is 3.14. The molecule has 0 spiro atoms. The van der Waals surface area contributed by atoms with Crippen molar-refractivity contribution in [3.05, 3.63) is 34.5 Å². The minimum absolute atomic E-state index is 0.0187. The standard InChI is InChI=1S/C18H24N2O5S2/c1-3-4-5-6-10-19-13-7-8-14(15(21)12-13)20-27(23,24)16-9-11-26-17(16)18(22)25-2/h7-9,11-12,19-21H,3-6,10H2,1-2H3. The molecule has 0 aliphatic rings. The number of rotatable bonds is 10. The molecule has 0 radical (unpaired) electrons. The summed E-state index contributed by atoms with van der Waals surface area (Å²) in [5.41, 5.74) is 0.742. The van der Waals surface area contributed by atoms with Gasteiger partial charge in [0.1, 0.15) is 15.5 Å². The van der Waals surface area contributed by atoms with Gasteiger partial charge in [0, 0.05) is 18.3 Å². The smallest absolute Gasteiger partial charge is 0.349 e. The van der Waals surface area contributed by atoms with E-state index in [2.05, 4.69) is 21.7 Å². The molecule has 0 unspecified atom stereocenters. The predicted octanol–water partition coefficient (Wildman–Crippen LogP) is 4.03. The van der Waals surface area contributed by atoms with Crippen LogP contribution in [0.1, 0.15) is 42.3 Å². The number of ether oxygens (including phenoxy) is 1. The Morgan fingerprint density at radius 2 is 2.00 bits per heavy atom. The molecule has 0 saturated carbocycles. The largest absolute Gasteiger partial charge is 0.506 e. The number of aromatic hydroxyl groups is 1. The number of nitrogens with one attached hydrogen (secondary N) is 2. The molecule has 0 atom stereocenters. The average molecular weight is 413 g/mol. The van der Waals surface area contributed by atoms with E-state index in [1.54, 1.807) is 6.07 Å². The predicted molar refractivity (Wildman–Crippen MR) is 107 cm³/mol. The Kier molecular flexibility index (Phi) is 7.49. The molecule has 27 heavy (non-hydrogen) atoms. The fourth-order valence-electron chi connectivity index (χ4n) is 2.46. The van der Waals surface area contributed by atoms with E-state index in [0.717, 1.165) is 37.1 Å². The summed E-state index contributed by atoms with van der Waals surface area (Å²) >= 11 is 0.975. The molecule has 2 rings (SSSR count). The lowest BCUT2D eigenvalue weighted by Crippen LogP contribution is -2.16. The third kappa shape index (κ3) is 5.61. The minimum Gasteiger partial charge on any atom is -0.506 e. The fraction of sp³-hybridized carbons (Fsp3) is 0.389. The number of carbonyl (C=O) groups is 1. The number of sulfonamides is 1. The van der Waals surface area contributed by atoms with Crippen LogP contribution in [0.5, 0.6) is 5.75 Å². The highest BCUT2D eigenvalue weighted by atomic mass is 32.2. The lowest BCUT2D eigenvalue weighted by Gasteiger charge is -2.12. The molecule has 3 N–H and O–H groups in total. The van der Waals surface area contributed by atoms with Gasteiger partial charge in [-0.25, -0.2) is 13.2 Å². The van der Waals surface area contributed by atoms with Crippen LogP contribution >= 0.6 is 11.3 Å². The van der Waals surface area contributed by atoms with Crippen LogP contribution in [0.25, 0.3) is 0 Å². The van der Waals surface area contributed by atoms with Crippen LogP contribution in [0.2, 0.25) is 0 Å². The number of unbranched alkanes of at least 4 members (excludes halogenated alkanes) is 3. The van der Waals surface area contributed by atoms with Crippen molar-refractivity contribution >= 4 is 38.7 Å². The zero-order chi connectivity index (χ0) is 19.9. The number of carbonyl (C=O) groups excluding carboxylic acids is 1. The Morgan fingerprint density at radius 3 is 2.67 bits per heavy atom. The number of benzene rings is 1. The quantitative estimate of drug-likeness (QED) is 0.309. The van der Waals surface area contributed by atoms with Crippen molar-refractivity contribution in [3.63, 3.8) is 0 Å². The van der Waals surface area contributed by atoms with Gasteiger partial charge in [-0.1, -0.05) is 26.2 Å². The Hall–Kier alpha value is -2.26. The Labute approximate surface area is 163 Å². The first-order valence-electron chi connectivity index (χ1n) is 8.64. The fourth-order valence-corrected chi connectivity index (χ4v) is 4.87. The molecular formula is C18H24N2O5S2. The SMILES string of the molecule is CCCCCCNc1ccc(NS(=O)(=O)c2ccsc2C(=O)OC)c(O)c1. The van der Waals surface area contributed by atoms with Gasteiger partial charge in [0.15, 0.2) is 0 Å². The van der Waals surface area contributed by atoms with Crippen LogP contribution < -0.4 is 10.0 Å². The van der Waals surface area contributed by atoms with E-state index in [4.69, 9.17) is 0 Å². The molecule has 1 aromatic heterocycles. The zero-order valence-electron chi connectivity index (χ0n) is 15.3. The Bertz CT molecular complexity index is 878. The zero-order valence-corrected chi connectivity index (χ0v) is 17.0. The number of thiophene rings is 1. The lowest BCUT2D eigenvalue weighted by atomic mass is 10.2. The number of esters is 1. The summed E-state index contributed by atoms with van der Waals surface area (Å²) in [4.78, 5) is 11.5. The van der Waals surface area contributed by atoms with Gasteiger partial charge in [-0.3, -0.25) is 4.72 Å². The van der Waals surface area contributed by atoms with Crippen LogP contribution in [0.4, 0.5) is 11.4 Å². The van der Waals surface area contributed by atoms with Crippen LogP contribution in [-0.2, 0) is 14.8 Å². The monoisotopic (exact) mass is 412 g/mol. The van der Waals surface area contributed by atoms with E-state index >= 15 is 0 Å². The van der Waals surface area contributed by atoms with E-state index in [0.29, 0.717) is 5.69 Å². The van der Waals surface area contributed by atoms with Crippen molar-refractivity contribution in [1.29, 1.82) is 0 Å². The first-order valence-corrected chi connectivity index (χ1v) is 11.0. The number of hydrogen-bond acceptors (Lipinski definition) is 7. The van der Waals surface area contributed by atoms with Gasteiger partial charge in [-0.15, -0.1) is 11.3 Å². The second kappa shape index (κ2) is 9.61. The van der Waals surface area contributed by atoms with Crippen LogP contribution in [-0.4, -0.2) is 33.1 Å². The van der Waals surface area contributed by atoms with Crippen molar-refractivity contribution in [2.75, 3.05) is 23.7 Å². The number of methoxy groups -OCH3 is 1. The summed E-state index contributed by atoms with van der Waals surface area (Å²) in [5, 5.41) is 14.9. The second-order valence-corrected chi connectivity index (χ2v) is 8.50. The van der Waals surface area contributed by atoms with Gasteiger partial charge in [0.25, 0.3) is 10.0 Å². The first-order chi connectivity index (χ1) is 12.9. The maximum absolute atomic E-state index is 12.6. The number of hydrogen-bond donors (Lipinski definition) is 3. The summed E-state index contributed by atoms with van der Waals surface area (Å²) in [6.07, 6.45) is 4.51. The van der Waals surface area contributed by atoms with Crippen molar-refractivity contribution in [1.82, 2.24) is 0 Å². The van der Waals surface area contributed by atoms with Crippen molar-refractivity contribution < 1.29 is 23.1 Å². The summed E-state index contributed by atoms with van der Waals surface area (Å²) in [6.45, 7) is 2.93. The van der Waals surface area contributed by atoms with Gasteiger partial charge >= 0.3 is 5.97 Å². The van der Waals surface area contributed by atoms with Gasteiger partial charge in [-0.2, -0.15) is 0 Å². The lowest BCUT2D eigenvalue weighted by molar-refractivity contribution is 0.0602.